The van der Waals surface area contributed by atoms with Crippen LogP contribution in [0, 0.1) is 5.92 Å². The molecule has 19 heavy (non-hydrogen) atoms. The van der Waals surface area contributed by atoms with Crippen molar-refractivity contribution in [2.24, 2.45) is 5.92 Å². The van der Waals surface area contributed by atoms with E-state index in [1.165, 1.54) is 5.56 Å². The summed E-state index contributed by atoms with van der Waals surface area (Å²) in [6.07, 6.45) is 1.91. The highest BCUT2D eigenvalue weighted by molar-refractivity contribution is 9.09. The number of hydrogen-bond donors (Lipinski definition) is 0. The summed E-state index contributed by atoms with van der Waals surface area (Å²) >= 11 is 16.1. The lowest BCUT2D eigenvalue weighted by Gasteiger charge is -2.16. The molecular weight excluding hydrogens is 343 g/mol. The molecule has 3 heteroatoms. The maximum atomic E-state index is 6.23. The van der Waals surface area contributed by atoms with Gasteiger partial charge in [-0.25, -0.2) is 0 Å². The first-order valence-corrected chi connectivity index (χ1v) is 8.11. The zero-order chi connectivity index (χ0) is 13.7. The molecule has 1 unspecified atom stereocenters. The minimum Gasteiger partial charge on any atom is -0.0925 e. The lowest BCUT2D eigenvalue weighted by molar-refractivity contribution is 0.591. The van der Waals surface area contributed by atoms with E-state index in [1.807, 2.05) is 24.3 Å². The van der Waals surface area contributed by atoms with Crippen LogP contribution in [-0.2, 0) is 12.8 Å². The average molecular weight is 358 g/mol. The maximum Gasteiger partial charge on any atom is 0.0452 e. The normalized spacial score (nSPS) is 12.4. The average Bonchev–Trinajstić information content (AvgIpc) is 2.43. The van der Waals surface area contributed by atoms with E-state index in [4.69, 9.17) is 23.2 Å². The van der Waals surface area contributed by atoms with Crippen LogP contribution in [0.4, 0.5) is 0 Å². The highest BCUT2D eigenvalue weighted by Gasteiger charge is 2.14. The van der Waals surface area contributed by atoms with Crippen LogP contribution in [0.25, 0.3) is 0 Å². The Labute approximate surface area is 132 Å². The van der Waals surface area contributed by atoms with E-state index < -0.39 is 0 Å². The largest absolute Gasteiger partial charge is 0.0925 e. The third kappa shape index (κ3) is 4.24. The highest BCUT2D eigenvalue weighted by Crippen LogP contribution is 2.28. The molecule has 0 spiro atoms. The van der Waals surface area contributed by atoms with Gasteiger partial charge < -0.3 is 0 Å². The number of halogens is 3. The van der Waals surface area contributed by atoms with Gasteiger partial charge in [0.15, 0.2) is 0 Å². The van der Waals surface area contributed by atoms with Gasteiger partial charge in [0.25, 0.3) is 0 Å². The Morgan fingerprint density at radius 1 is 0.842 bits per heavy atom. The van der Waals surface area contributed by atoms with E-state index >= 15 is 0 Å². The molecule has 0 heterocycles. The fraction of sp³-hybridized carbons (Fsp3) is 0.250. The minimum absolute atomic E-state index is 0.486. The fourth-order valence-electron chi connectivity index (χ4n) is 2.14. The third-order valence-electron chi connectivity index (χ3n) is 3.14. The summed E-state index contributed by atoms with van der Waals surface area (Å²) in [5.41, 5.74) is 2.39. The van der Waals surface area contributed by atoms with E-state index in [2.05, 4.69) is 40.2 Å². The number of hydrogen-bond acceptors (Lipinski definition) is 0. The molecule has 0 aliphatic rings. The number of benzene rings is 2. The van der Waals surface area contributed by atoms with Crippen LogP contribution in [0.3, 0.4) is 0 Å². The van der Waals surface area contributed by atoms with Crippen molar-refractivity contribution < 1.29 is 0 Å². The second-order valence-corrected chi connectivity index (χ2v) is 6.08. The quantitative estimate of drug-likeness (QED) is 0.594. The Balaban J connectivity index is 2.11. The monoisotopic (exact) mass is 356 g/mol. The molecular formula is C16H15BrCl2. The molecule has 0 fully saturated rings. The van der Waals surface area contributed by atoms with Gasteiger partial charge in [0.05, 0.1) is 0 Å². The van der Waals surface area contributed by atoms with Gasteiger partial charge in [-0.05, 0) is 42.0 Å². The molecule has 0 N–H and O–H groups in total. The van der Waals surface area contributed by atoms with Crippen molar-refractivity contribution in [1.82, 2.24) is 0 Å². The lowest BCUT2D eigenvalue weighted by Crippen LogP contribution is -2.10. The van der Waals surface area contributed by atoms with E-state index in [9.17, 15) is 0 Å². The second kappa shape index (κ2) is 7.33. The zero-order valence-corrected chi connectivity index (χ0v) is 13.5. The highest BCUT2D eigenvalue weighted by atomic mass is 79.9. The molecule has 2 rings (SSSR count). The van der Waals surface area contributed by atoms with E-state index in [-0.39, 0.29) is 0 Å². The molecule has 0 saturated heterocycles. The van der Waals surface area contributed by atoms with Crippen molar-refractivity contribution in [2.45, 2.75) is 12.8 Å². The van der Waals surface area contributed by atoms with Crippen LogP contribution in [0.5, 0.6) is 0 Å². The van der Waals surface area contributed by atoms with Gasteiger partial charge in [-0.15, -0.1) is 0 Å². The smallest absolute Gasteiger partial charge is 0.0452 e. The molecule has 0 aromatic heterocycles. The van der Waals surface area contributed by atoms with Gasteiger partial charge >= 0.3 is 0 Å². The molecule has 100 valence electrons. The molecule has 0 amide bonds. The first kappa shape index (κ1) is 14.9. The predicted octanol–water partition coefficient (Wildman–Crippen LogP) is 5.79. The van der Waals surface area contributed by atoms with Gasteiger partial charge in [0.2, 0.25) is 0 Å². The second-order valence-electron chi connectivity index (χ2n) is 4.61. The fourth-order valence-corrected chi connectivity index (χ4v) is 3.15. The number of rotatable bonds is 5. The van der Waals surface area contributed by atoms with Crippen LogP contribution in [0.1, 0.15) is 11.1 Å². The standard InChI is InChI=1S/C16H15BrCl2/c17-11-13(9-12-5-2-1-3-6-12)10-14-15(18)7-4-8-16(14)19/h1-8,13H,9-11H2. The van der Waals surface area contributed by atoms with E-state index in [0.29, 0.717) is 5.92 Å². The van der Waals surface area contributed by atoms with Crippen molar-refractivity contribution in [1.29, 1.82) is 0 Å². The summed E-state index contributed by atoms with van der Waals surface area (Å²) < 4.78 is 0. The Morgan fingerprint density at radius 3 is 2.05 bits per heavy atom. The van der Waals surface area contributed by atoms with Crippen LogP contribution < -0.4 is 0 Å². The Kier molecular flexibility index (Phi) is 5.75. The maximum absolute atomic E-state index is 6.23. The molecule has 0 nitrogen and oxygen atoms in total. The molecule has 0 radical (unpaired) electrons. The van der Waals surface area contributed by atoms with E-state index in [0.717, 1.165) is 33.8 Å². The third-order valence-corrected chi connectivity index (χ3v) is 4.76. The van der Waals surface area contributed by atoms with Crippen molar-refractivity contribution >= 4 is 39.1 Å². The van der Waals surface area contributed by atoms with Crippen molar-refractivity contribution in [3.05, 3.63) is 69.7 Å². The summed E-state index contributed by atoms with van der Waals surface area (Å²) in [6.45, 7) is 0. The van der Waals surface area contributed by atoms with Crippen LogP contribution in [0.2, 0.25) is 10.0 Å². The lowest BCUT2D eigenvalue weighted by atomic mass is 9.94. The molecule has 2 aromatic carbocycles. The molecule has 2 aromatic rings. The summed E-state index contributed by atoms with van der Waals surface area (Å²) in [4.78, 5) is 0. The molecule has 0 bridgehead atoms. The van der Waals surface area contributed by atoms with Crippen LogP contribution in [0.15, 0.2) is 48.5 Å². The van der Waals surface area contributed by atoms with Gasteiger partial charge in [-0.2, -0.15) is 0 Å². The van der Waals surface area contributed by atoms with Crippen molar-refractivity contribution in [3.8, 4) is 0 Å². The van der Waals surface area contributed by atoms with Gasteiger partial charge in [-0.1, -0.05) is 75.5 Å². The van der Waals surface area contributed by atoms with Gasteiger partial charge in [-0.3, -0.25) is 0 Å². The SMILES string of the molecule is Clc1cccc(Cl)c1CC(CBr)Cc1ccccc1. The number of alkyl halides is 1. The Morgan fingerprint density at radius 2 is 1.47 bits per heavy atom. The molecule has 1 atom stereocenters. The van der Waals surface area contributed by atoms with Crippen LogP contribution in [-0.4, -0.2) is 5.33 Å². The molecule has 0 aliphatic heterocycles. The first-order chi connectivity index (χ1) is 9.20. The van der Waals surface area contributed by atoms with E-state index in [1.54, 1.807) is 0 Å². The summed E-state index contributed by atoms with van der Waals surface area (Å²) in [5.74, 6) is 0.486. The van der Waals surface area contributed by atoms with Gasteiger partial charge in [0, 0.05) is 15.4 Å². The predicted molar refractivity (Wildman–Crippen MR) is 87.6 cm³/mol. The zero-order valence-electron chi connectivity index (χ0n) is 10.5. The molecule has 0 aliphatic carbocycles. The molecule has 0 saturated carbocycles. The Bertz CT molecular complexity index is 505. The van der Waals surface area contributed by atoms with Crippen LogP contribution >= 0.6 is 39.1 Å². The minimum atomic E-state index is 0.486. The Hall–Kier alpha value is -0.500. The first-order valence-electron chi connectivity index (χ1n) is 6.23. The van der Waals surface area contributed by atoms with Crippen molar-refractivity contribution in [3.63, 3.8) is 0 Å². The topological polar surface area (TPSA) is 0 Å². The van der Waals surface area contributed by atoms with Crippen molar-refractivity contribution in [2.75, 3.05) is 5.33 Å². The van der Waals surface area contributed by atoms with Gasteiger partial charge in [0.1, 0.15) is 0 Å². The summed E-state index contributed by atoms with van der Waals surface area (Å²) in [6, 6.07) is 16.2. The summed E-state index contributed by atoms with van der Waals surface area (Å²) in [7, 11) is 0. The summed E-state index contributed by atoms with van der Waals surface area (Å²) in [5, 5.41) is 2.45.